The van der Waals surface area contributed by atoms with E-state index in [1.165, 1.54) is 31.7 Å². The molecule has 0 nitrogen and oxygen atoms in total. The Morgan fingerprint density at radius 2 is 0.923 bits per heavy atom. The summed E-state index contributed by atoms with van der Waals surface area (Å²) in [5, 5.41) is 2.75. The number of rotatable bonds is 6. The maximum Gasteiger partial charge on any atom is 0.0238 e. The molecule has 0 spiro atoms. The molecule has 0 radical (unpaired) electrons. The van der Waals surface area contributed by atoms with Crippen molar-refractivity contribution in [2.45, 2.75) is 21.3 Å². The number of hydrogen-bond acceptors (Lipinski definition) is 2. The van der Waals surface area contributed by atoms with Gasteiger partial charge in [-0.2, -0.15) is 0 Å². The molecule has 2 heteroatoms. The minimum absolute atomic E-state index is 0.994. The van der Waals surface area contributed by atoms with Crippen LogP contribution in [-0.4, -0.2) is 0 Å². The highest BCUT2D eigenvalue weighted by molar-refractivity contribution is 7.98. The molecule has 0 amide bonds. The summed E-state index contributed by atoms with van der Waals surface area (Å²) in [7, 11) is 0. The zero-order valence-corrected chi connectivity index (χ0v) is 16.1. The van der Waals surface area contributed by atoms with Gasteiger partial charge in [-0.15, -0.1) is 23.5 Å². The minimum Gasteiger partial charge on any atom is -0.121 e. The SMILES string of the molecule is c1ccc(SCc2cccc3cccc(CSc4ccccc4)c23)cc1. The highest BCUT2D eigenvalue weighted by Crippen LogP contribution is 2.32. The maximum atomic E-state index is 2.27. The van der Waals surface area contributed by atoms with Gasteiger partial charge in [0.15, 0.2) is 0 Å². The molecule has 4 aromatic carbocycles. The Morgan fingerprint density at radius 1 is 0.462 bits per heavy atom. The summed E-state index contributed by atoms with van der Waals surface area (Å²) in [5.74, 6) is 1.99. The second-order valence-electron chi connectivity index (χ2n) is 6.14. The molecule has 0 saturated carbocycles. The lowest BCUT2D eigenvalue weighted by Crippen LogP contribution is -1.90. The third-order valence-electron chi connectivity index (χ3n) is 4.35. The van der Waals surface area contributed by atoms with Crippen LogP contribution in [0.1, 0.15) is 11.1 Å². The molecule has 0 fully saturated rings. The molecule has 0 aliphatic carbocycles. The molecule has 0 aliphatic rings. The van der Waals surface area contributed by atoms with Gasteiger partial charge in [0.25, 0.3) is 0 Å². The lowest BCUT2D eigenvalue weighted by Gasteiger charge is -2.12. The highest BCUT2D eigenvalue weighted by atomic mass is 32.2. The fourth-order valence-corrected chi connectivity index (χ4v) is 4.92. The second kappa shape index (κ2) is 8.48. The van der Waals surface area contributed by atoms with Crippen LogP contribution in [0.4, 0.5) is 0 Å². The standard InChI is InChI=1S/C24H20S2/c1-3-13-22(14-4-1)25-17-20-11-7-9-19-10-8-12-21(24(19)20)18-26-23-15-5-2-6-16-23/h1-16H,17-18H2. The van der Waals surface area contributed by atoms with E-state index in [-0.39, 0.29) is 0 Å². The van der Waals surface area contributed by atoms with Crippen LogP contribution in [0, 0.1) is 0 Å². The highest BCUT2D eigenvalue weighted by Gasteiger charge is 2.08. The van der Waals surface area contributed by atoms with Crippen LogP contribution in [0.2, 0.25) is 0 Å². The van der Waals surface area contributed by atoms with E-state index in [4.69, 9.17) is 0 Å². The normalized spacial score (nSPS) is 10.9. The number of benzene rings is 4. The third kappa shape index (κ3) is 4.14. The largest absolute Gasteiger partial charge is 0.121 e. The van der Waals surface area contributed by atoms with Crippen molar-refractivity contribution < 1.29 is 0 Å². The lowest BCUT2D eigenvalue weighted by atomic mass is 10.0. The summed E-state index contributed by atoms with van der Waals surface area (Å²) in [4.78, 5) is 2.64. The molecule has 4 rings (SSSR count). The summed E-state index contributed by atoms with van der Waals surface area (Å²) < 4.78 is 0. The minimum atomic E-state index is 0.994. The zero-order chi connectivity index (χ0) is 17.6. The first-order valence-corrected chi connectivity index (χ1v) is 10.7. The van der Waals surface area contributed by atoms with Crippen LogP contribution in [0.3, 0.4) is 0 Å². The van der Waals surface area contributed by atoms with Gasteiger partial charge in [0.1, 0.15) is 0 Å². The zero-order valence-electron chi connectivity index (χ0n) is 14.5. The number of thioether (sulfide) groups is 2. The molecule has 0 saturated heterocycles. The van der Waals surface area contributed by atoms with Crippen molar-refractivity contribution in [1.29, 1.82) is 0 Å². The first-order valence-electron chi connectivity index (χ1n) is 8.75. The molecular weight excluding hydrogens is 352 g/mol. The predicted molar refractivity (Wildman–Crippen MR) is 116 cm³/mol. The molecule has 4 aromatic rings. The first-order chi connectivity index (χ1) is 12.9. The average molecular weight is 373 g/mol. The van der Waals surface area contributed by atoms with Crippen molar-refractivity contribution in [3.63, 3.8) is 0 Å². The van der Waals surface area contributed by atoms with E-state index in [9.17, 15) is 0 Å². The Bertz CT molecular complexity index is 900. The Morgan fingerprint density at radius 3 is 1.38 bits per heavy atom. The summed E-state index contributed by atoms with van der Waals surface area (Å²) in [6.07, 6.45) is 0. The van der Waals surface area contributed by atoms with E-state index >= 15 is 0 Å². The molecule has 0 unspecified atom stereocenters. The predicted octanol–water partition coefficient (Wildman–Crippen LogP) is 7.42. The smallest absolute Gasteiger partial charge is 0.0238 e. The van der Waals surface area contributed by atoms with Crippen molar-refractivity contribution in [3.05, 3.63) is 108 Å². The molecule has 0 aromatic heterocycles. The second-order valence-corrected chi connectivity index (χ2v) is 8.23. The monoisotopic (exact) mass is 372 g/mol. The van der Waals surface area contributed by atoms with Crippen molar-refractivity contribution >= 4 is 34.3 Å². The van der Waals surface area contributed by atoms with Gasteiger partial charge >= 0.3 is 0 Å². The lowest BCUT2D eigenvalue weighted by molar-refractivity contribution is 1.37. The Balaban J connectivity index is 1.61. The van der Waals surface area contributed by atoms with E-state index in [0.29, 0.717) is 0 Å². The molecular formula is C24H20S2. The van der Waals surface area contributed by atoms with Crippen molar-refractivity contribution in [1.82, 2.24) is 0 Å². The Labute approximate surface area is 163 Å². The van der Waals surface area contributed by atoms with E-state index in [2.05, 4.69) is 97.1 Å². The van der Waals surface area contributed by atoms with Gasteiger partial charge < -0.3 is 0 Å². The van der Waals surface area contributed by atoms with Crippen LogP contribution in [-0.2, 0) is 11.5 Å². The fraction of sp³-hybridized carbons (Fsp3) is 0.0833. The van der Waals surface area contributed by atoms with Crippen LogP contribution in [0.5, 0.6) is 0 Å². The number of fused-ring (bicyclic) bond motifs is 1. The topological polar surface area (TPSA) is 0 Å². The van der Waals surface area contributed by atoms with Gasteiger partial charge in [-0.25, -0.2) is 0 Å². The fourth-order valence-electron chi connectivity index (χ4n) is 3.10. The van der Waals surface area contributed by atoms with Gasteiger partial charge in [-0.3, -0.25) is 0 Å². The molecule has 0 bridgehead atoms. The number of hydrogen-bond donors (Lipinski definition) is 0. The van der Waals surface area contributed by atoms with Gasteiger partial charge in [-0.1, -0.05) is 72.8 Å². The molecule has 0 heterocycles. The van der Waals surface area contributed by atoms with Crippen molar-refractivity contribution in [2.75, 3.05) is 0 Å². The van der Waals surface area contributed by atoms with E-state index in [1.54, 1.807) is 0 Å². The Hall–Kier alpha value is -2.16. The van der Waals surface area contributed by atoms with Gasteiger partial charge in [0.05, 0.1) is 0 Å². The van der Waals surface area contributed by atoms with Crippen LogP contribution in [0.15, 0.2) is 107 Å². The maximum absolute atomic E-state index is 2.27. The first kappa shape index (κ1) is 17.3. The molecule has 26 heavy (non-hydrogen) atoms. The van der Waals surface area contributed by atoms with E-state index < -0.39 is 0 Å². The van der Waals surface area contributed by atoms with E-state index in [0.717, 1.165) is 11.5 Å². The molecule has 0 atom stereocenters. The third-order valence-corrected chi connectivity index (χ3v) is 6.47. The summed E-state index contributed by atoms with van der Waals surface area (Å²) >= 11 is 3.81. The van der Waals surface area contributed by atoms with E-state index in [1.807, 2.05) is 23.5 Å². The average Bonchev–Trinajstić information content (AvgIpc) is 2.72. The van der Waals surface area contributed by atoms with Crippen LogP contribution in [0.25, 0.3) is 10.8 Å². The quantitative estimate of drug-likeness (QED) is 0.323. The molecule has 128 valence electrons. The van der Waals surface area contributed by atoms with Crippen LogP contribution < -0.4 is 0 Å². The van der Waals surface area contributed by atoms with Gasteiger partial charge in [-0.05, 0) is 46.2 Å². The van der Waals surface area contributed by atoms with Gasteiger partial charge in [0.2, 0.25) is 0 Å². The summed E-state index contributed by atoms with van der Waals surface area (Å²) in [5.41, 5.74) is 2.83. The summed E-state index contributed by atoms with van der Waals surface area (Å²) in [6.45, 7) is 0. The molecule has 0 N–H and O–H groups in total. The van der Waals surface area contributed by atoms with Crippen molar-refractivity contribution in [2.24, 2.45) is 0 Å². The van der Waals surface area contributed by atoms with Crippen molar-refractivity contribution in [3.8, 4) is 0 Å². The molecule has 0 aliphatic heterocycles. The van der Waals surface area contributed by atoms with Crippen LogP contribution >= 0.6 is 23.5 Å². The Kier molecular flexibility index (Phi) is 5.63. The summed E-state index contributed by atoms with van der Waals surface area (Å²) in [6, 6.07) is 34.6. The van der Waals surface area contributed by atoms with Gasteiger partial charge in [0, 0.05) is 21.3 Å².